The third-order valence-electron chi connectivity index (χ3n) is 6.14. The van der Waals surface area contributed by atoms with Crippen molar-refractivity contribution < 1.29 is 4.79 Å². The van der Waals surface area contributed by atoms with Crippen LogP contribution in [0.25, 0.3) is 11.0 Å². The Morgan fingerprint density at radius 2 is 1.97 bits per heavy atom. The molecule has 158 valence electrons. The first kappa shape index (κ1) is 20.3. The lowest BCUT2D eigenvalue weighted by molar-refractivity contribution is 0.0951. The highest BCUT2D eigenvalue weighted by Crippen LogP contribution is 2.32. The Balaban J connectivity index is 1.62. The van der Waals surface area contributed by atoms with Gasteiger partial charge in [-0.25, -0.2) is 9.67 Å². The van der Waals surface area contributed by atoms with Crippen LogP contribution in [0.2, 0.25) is 0 Å². The maximum absolute atomic E-state index is 13.1. The van der Waals surface area contributed by atoms with E-state index in [1.54, 1.807) is 18.6 Å². The van der Waals surface area contributed by atoms with Crippen molar-refractivity contribution in [2.75, 3.05) is 5.32 Å². The van der Waals surface area contributed by atoms with Crippen LogP contribution in [0.4, 0.5) is 5.69 Å². The minimum Gasteiger partial charge on any atom is -0.381 e. The van der Waals surface area contributed by atoms with Crippen molar-refractivity contribution >= 4 is 22.6 Å². The summed E-state index contributed by atoms with van der Waals surface area (Å²) >= 11 is 0. The van der Waals surface area contributed by atoms with E-state index in [2.05, 4.69) is 32.6 Å². The number of nitrogens with zero attached hydrogens (tertiary/aromatic N) is 4. The van der Waals surface area contributed by atoms with Gasteiger partial charge in [0.05, 0.1) is 22.8 Å². The second kappa shape index (κ2) is 9.24. The Labute approximate surface area is 177 Å². The van der Waals surface area contributed by atoms with Gasteiger partial charge >= 0.3 is 0 Å². The van der Waals surface area contributed by atoms with E-state index in [1.807, 2.05) is 29.9 Å². The van der Waals surface area contributed by atoms with Crippen molar-refractivity contribution in [1.82, 2.24) is 25.1 Å². The number of hydrogen-bond acceptors (Lipinski definition) is 5. The van der Waals surface area contributed by atoms with Gasteiger partial charge in [0.2, 0.25) is 0 Å². The van der Waals surface area contributed by atoms with Gasteiger partial charge in [-0.2, -0.15) is 5.10 Å². The Morgan fingerprint density at radius 3 is 2.70 bits per heavy atom. The third kappa shape index (κ3) is 4.30. The summed E-state index contributed by atoms with van der Waals surface area (Å²) in [5.74, 6) is 0.486. The molecule has 1 saturated carbocycles. The molecule has 2 N–H and O–H groups in total. The fraction of sp³-hybridized carbons (Fsp3) is 0.478. The Morgan fingerprint density at radius 1 is 1.20 bits per heavy atom. The van der Waals surface area contributed by atoms with E-state index in [-0.39, 0.29) is 11.9 Å². The van der Waals surface area contributed by atoms with E-state index in [0.29, 0.717) is 18.0 Å². The predicted octanol–water partition coefficient (Wildman–Crippen LogP) is 4.16. The SMILES string of the molecule is CCn1ncc2c(N[C@H](C)C3CCCCC3)c(C(=O)NCc3ccncc3)cnc21. The molecule has 3 aromatic rings. The van der Waals surface area contributed by atoms with E-state index >= 15 is 0 Å². The molecule has 0 spiro atoms. The van der Waals surface area contributed by atoms with Crippen LogP contribution in [0.3, 0.4) is 0 Å². The number of nitrogens with one attached hydrogen (secondary N) is 2. The normalized spacial score (nSPS) is 15.8. The summed E-state index contributed by atoms with van der Waals surface area (Å²) in [7, 11) is 0. The molecule has 4 rings (SSSR count). The van der Waals surface area contributed by atoms with Crippen molar-refractivity contribution in [3.63, 3.8) is 0 Å². The highest BCUT2D eigenvalue weighted by Gasteiger charge is 2.24. The fourth-order valence-corrected chi connectivity index (χ4v) is 4.34. The molecule has 0 bridgehead atoms. The molecule has 7 nitrogen and oxygen atoms in total. The zero-order chi connectivity index (χ0) is 20.9. The Hall–Kier alpha value is -2.96. The maximum atomic E-state index is 13.1. The van der Waals surface area contributed by atoms with Gasteiger partial charge in [-0.15, -0.1) is 0 Å². The lowest BCUT2D eigenvalue weighted by atomic mass is 9.84. The van der Waals surface area contributed by atoms with Gasteiger partial charge in [0.25, 0.3) is 5.91 Å². The van der Waals surface area contributed by atoms with Crippen LogP contribution in [0.15, 0.2) is 36.9 Å². The van der Waals surface area contributed by atoms with Crippen LogP contribution in [0, 0.1) is 5.92 Å². The number of rotatable bonds is 7. The second-order valence-corrected chi connectivity index (χ2v) is 8.11. The summed E-state index contributed by atoms with van der Waals surface area (Å²) in [5.41, 5.74) is 3.22. The highest BCUT2D eigenvalue weighted by molar-refractivity contribution is 6.06. The number of anilines is 1. The number of aryl methyl sites for hydroxylation is 1. The van der Waals surface area contributed by atoms with Gasteiger partial charge in [-0.3, -0.25) is 9.78 Å². The molecule has 0 aromatic carbocycles. The van der Waals surface area contributed by atoms with Crippen LogP contribution >= 0.6 is 0 Å². The molecule has 7 heteroatoms. The van der Waals surface area contributed by atoms with Gasteiger partial charge < -0.3 is 10.6 Å². The number of carbonyl (C=O) groups is 1. The molecule has 3 aromatic heterocycles. The van der Waals surface area contributed by atoms with Crippen LogP contribution in [0.1, 0.15) is 61.9 Å². The van der Waals surface area contributed by atoms with E-state index in [4.69, 9.17) is 0 Å². The smallest absolute Gasteiger partial charge is 0.255 e. The highest BCUT2D eigenvalue weighted by atomic mass is 16.1. The monoisotopic (exact) mass is 406 g/mol. The van der Waals surface area contributed by atoms with Crippen LogP contribution < -0.4 is 10.6 Å². The molecule has 1 atom stereocenters. The molecular weight excluding hydrogens is 376 g/mol. The van der Waals surface area contributed by atoms with Gasteiger partial charge in [0, 0.05) is 37.7 Å². The average Bonchev–Trinajstić information content (AvgIpc) is 3.22. The zero-order valence-electron chi connectivity index (χ0n) is 17.8. The molecular formula is C23H30N6O. The average molecular weight is 407 g/mol. The number of carbonyl (C=O) groups excluding carboxylic acids is 1. The van der Waals surface area contributed by atoms with Crippen molar-refractivity contribution in [1.29, 1.82) is 0 Å². The second-order valence-electron chi connectivity index (χ2n) is 8.11. The van der Waals surface area contributed by atoms with E-state index < -0.39 is 0 Å². The van der Waals surface area contributed by atoms with Crippen molar-refractivity contribution in [2.45, 2.75) is 65.1 Å². The minimum absolute atomic E-state index is 0.135. The van der Waals surface area contributed by atoms with Crippen LogP contribution in [0.5, 0.6) is 0 Å². The molecule has 0 aliphatic heterocycles. The molecule has 1 amide bonds. The summed E-state index contributed by atoms with van der Waals surface area (Å²) < 4.78 is 1.87. The van der Waals surface area contributed by atoms with Crippen molar-refractivity contribution in [2.24, 2.45) is 5.92 Å². The number of fused-ring (bicyclic) bond motifs is 1. The van der Waals surface area contributed by atoms with Gasteiger partial charge in [0.15, 0.2) is 5.65 Å². The van der Waals surface area contributed by atoms with Gasteiger partial charge in [-0.05, 0) is 50.3 Å². The van der Waals surface area contributed by atoms with Crippen LogP contribution in [-0.2, 0) is 13.1 Å². The molecule has 1 aliphatic carbocycles. The minimum atomic E-state index is -0.135. The summed E-state index contributed by atoms with van der Waals surface area (Å²) in [5, 5.41) is 12.1. The molecule has 0 unspecified atom stereocenters. The number of pyridine rings is 2. The molecule has 1 aliphatic rings. The summed E-state index contributed by atoms with van der Waals surface area (Å²) in [6, 6.07) is 4.09. The quantitative estimate of drug-likeness (QED) is 0.615. The lowest BCUT2D eigenvalue weighted by Crippen LogP contribution is -2.30. The predicted molar refractivity (Wildman–Crippen MR) is 118 cm³/mol. The molecule has 30 heavy (non-hydrogen) atoms. The molecule has 1 fully saturated rings. The molecule has 3 heterocycles. The fourth-order valence-electron chi connectivity index (χ4n) is 4.34. The molecule has 0 radical (unpaired) electrons. The first-order valence-electron chi connectivity index (χ1n) is 11.0. The molecule has 0 saturated heterocycles. The number of amides is 1. The Kier molecular flexibility index (Phi) is 6.26. The Bertz CT molecular complexity index is 994. The van der Waals surface area contributed by atoms with E-state index in [0.717, 1.165) is 28.8 Å². The van der Waals surface area contributed by atoms with E-state index in [1.165, 1.54) is 32.1 Å². The topological polar surface area (TPSA) is 84.7 Å². The largest absolute Gasteiger partial charge is 0.381 e. The van der Waals surface area contributed by atoms with Crippen molar-refractivity contribution in [3.05, 3.63) is 48.0 Å². The van der Waals surface area contributed by atoms with Gasteiger partial charge in [-0.1, -0.05) is 19.3 Å². The zero-order valence-corrected chi connectivity index (χ0v) is 17.8. The van der Waals surface area contributed by atoms with Gasteiger partial charge in [0.1, 0.15) is 0 Å². The summed E-state index contributed by atoms with van der Waals surface area (Å²) in [6.45, 7) is 5.46. The first-order valence-corrected chi connectivity index (χ1v) is 11.0. The van der Waals surface area contributed by atoms with Crippen molar-refractivity contribution in [3.8, 4) is 0 Å². The van der Waals surface area contributed by atoms with Crippen LogP contribution in [-0.4, -0.2) is 31.7 Å². The summed E-state index contributed by atoms with van der Waals surface area (Å²) in [6.07, 6.45) is 13.3. The maximum Gasteiger partial charge on any atom is 0.255 e. The number of aromatic nitrogens is 4. The van der Waals surface area contributed by atoms with E-state index in [9.17, 15) is 4.79 Å². The first-order chi connectivity index (χ1) is 14.7. The third-order valence-corrected chi connectivity index (χ3v) is 6.14. The standard InChI is InChI=1S/C23H30N6O/c1-3-29-22-19(15-27-29)21(28-16(2)18-7-5-4-6-8-18)20(14-25-22)23(30)26-13-17-9-11-24-12-10-17/h9-12,14-16,18H,3-8,13H2,1-2H3,(H,25,28)(H,26,30)/t16-/m1/s1. The summed E-state index contributed by atoms with van der Waals surface area (Å²) in [4.78, 5) is 21.7. The lowest BCUT2D eigenvalue weighted by Gasteiger charge is -2.29. The number of hydrogen-bond donors (Lipinski definition) is 2.